The number of hydrogen-bond acceptors (Lipinski definition) is 7. The van der Waals surface area contributed by atoms with Crippen molar-refractivity contribution in [1.29, 1.82) is 0 Å². The van der Waals surface area contributed by atoms with E-state index in [2.05, 4.69) is 34.6 Å². The average molecular weight is 533 g/mol. The zero-order valence-corrected chi connectivity index (χ0v) is 22.4. The molecule has 2 N–H and O–H groups in total. The lowest BCUT2D eigenvalue weighted by molar-refractivity contribution is -0.154. The maximum atomic E-state index is 13.2. The summed E-state index contributed by atoms with van der Waals surface area (Å²) in [6.07, 6.45) is 4.42. The number of rotatable bonds is 9. The van der Waals surface area contributed by atoms with Gasteiger partial charge in [0.2, 0.25) is 0 Å². The van der Waals surface area contributed by atoms with Gasteiger partial charge in [0.1, 0.15) is 6.10 Å². The zero-order valence-electron chi connectivity index (χ0n) is 22.4. The van der Waals surface area contributed by atoms with Gasteiger partial charge in [-0.1, -0.05) is 60.7 Å². The third kappa shape index (κ3) is 7.57. The van der Waals surface area contributed by atoms with Gasteiger partial charge in [-0.05, 0) is 49.7 Å². The van der Waals surface area contributed by atoms with Crippen LogP contribution in [0.5, 0.6) is 11.5 Å². The summed E-state index contributed by atoms with van der Waals surface area (Å²) in [7, 11) is 1.38. The SMILES string of the molecule is COc1ccnc(C(=O)N[C@H]2COC[C@H](CCc3ccccc3)[C@@H](CCc3ccccc3)[C@H](C)OC2=O)c1O. The molecule has 4 atom stereocenters. The first kappa shape index (κ1) is 28.1. The number of aromatic nitrogens is 1. The Balaban J connectivity index is 1.49. The van der Waals surface area contributed by atoms with Gasteiger partial charge in [-0.3, -0.25) is 4.79 Å². The molecule has 39 heavy (non-hydrogen) atoms. The van der Waals surface area contributed by atoms with E-state index in [1.54, 1.807) is 0 Å². The summed E-state index contributed by atoms with van der Waals surface area (Å²) in [6, 6.07) is 21.0. The lowest BCUT2D eigenvalue weighted by Gasteiger charge is -2.31. The molecule has 0 bridgehead atoms. The molecule has 1 saturated heterocycles. The smallest absolute Gasteiger partial charge is 0.331 e. The van der Waals surface area contributed by atoms with Gasteiger partial charge in [-0.2, -0.15) is 0 Å². The van der Waals surface area contributed by atoms with Crippen LogP contribution in [0, 0.1) is 11.8 Å². The van der Waals surface area contributed by atoms with Gasteiger partial charge in [-0.15, -0.1) is 0 Å². The molecule has 1 aromatic heterocycles. The Hall–Kier alpha value is -3.91. The van der Waals surface area contributed by atoms with Gasteiger partial charge in [0.05, 0.1) is 13.7 Å². The first-order valence-corrected chi connectivity index (χ1v) is 13.3. The van der Waals surface area contributed by atoms with Crippen LogP contribution in [0.4, 0.5) is 0 Å². The highest BCUT2D eigenvalue weighted by Gasteiger charge is 2.35. The minimum Gasteiger partial charge on any atom is -0.503 e. The third-order valence-corrected chi connectivity index (χ3v) is 7.29. The lowest BCUT2D eigenvalue weighted by Crippen LogP contribution is -2.46. The van der Waals surface area contributed by atoms with Crippen LogP contribution in [0.2, 0.25) is 0 Å². The largest absolute Gasteiger partial charge is 0.503 e. The minimum absolute atomic E-state index is 0.0464. The molecule has 0 saturated carbocycles. The van der Waals surface area contributed by atoms with Crippen molar-refractivity contribution >= 4 is 11.9 Å². The predicted molar refractivity (Wildman–Crippen MR) is 147 cm³/mol. The normalized spacial score (nSPS) is 21.6. The number of amides is 1. The van der Waals surface area contributed by atoms with E-state index in [4.69, 9.17) is 14.2 Å². The van der Waals surface area contributed by atoms with Crippen molar-refractivity contribution in [3.05, 3.63) is 89.7 Å². The number of cyclic esters (lactones) is 1. The first-order valence-electron chi connectivity index (χ1n) is 13.3. The fourth-order valence-electron chi connectivity index (χ4n) is 5.10. The highest BCUT2D eigenvalue weighted by molar-refractivity contribution is 5.98. The Morgan fingerprint density at radius 1 is 1.00 bits per heavy atom. The Morgan fingerprint density at radius 2 is 1.64 bits per heavy atom. The lowest BCUT2D eigenvalue weighted by atomic mass is 9.80. The van der Waals surface area contributed by atoms with Gasteiger partial charge in [-0.25, -0.2) is 9.78 Å². The minimum atomic E-state index is -1.05. The van der Waals surface area contributed by atoms with Crippen LogP contribution < -0.4 is 10.1 Å². The Labute approximate surface area is 229 Å². The summed E-state index contributed by atoms with van der Waals surface area (Å²) in [5.41, 5.74) is 2.24. The molecule has 4 rings (SSSR count). The van der Waals surface area contributed by atoms with Crippen LogP contribution in [-0.4, -0.2) is 54.4 Å². The number of nitrogens with zero attached hydrogens (tertiary/aromatic N) is 1. The summed E-state index contributed by atoms with van der Waals surface area (Å²) in [4.78, 5) is 30.0. The summed E-state index contributed by atoms with van der Waals surface area (Å²) < 4.78 is 17.1. The molecule has 2 heterocycles. The van der Waals surface area contributed by atoms with Gasteiger partial charge < -0.3 is 24.6 Å². The molecule has 8 heteroatoms. The summed E-state index contributed by atoms with van der Waals surface area (Å²) in [6.45, 7) is 2.31. The van der Waals surface area contributed by atoms with Crippen molar-refractivity contribution in [2.75, 3.05) is 20.3 Å². The Bertz CT molecular complexity index is 1220. The molecular weight excluding hydrogens is 496 g/mol. The number of methoxy groups -OCH3 is 1. The van der Waals surface area contributed by atoms with Crippen molar-refractivity contribution in [3.63, 3.8) is 0 Å². The van der Waals surface area contributed by atoms with E-state index in [9.17, 15) is 14.7 Å². The molecular formula is C31H36N2O6. The molecule has 1 aliphatic rings. The fourth-order valence-corrected chi connectivity index (χ4v) is 5.10. The van der Waals surface area contributed by atoms with Crippen LogP contribution in [0.15, 0.2) is 72.9 Å². The molecule has 0 spiro atoms. The van der Waals surface area contributed by atoms with Gasteiger partial charge in [0, 0.05) is 24.8 Å². The zero-order chi connectivity index (χ0) is 27.6. The number of benzene rings is 2. The van der Waals surface area contributed by atoms with E-state index in [1.807, 2.05) is 43.3 Å². The number of ether oxygens (including phenoxy) is 3. The second-order valence-electron chi connectivity index (χ2n) is 9.89. The van der Waals surface area contributed by atoms with Crippen molar-refractivity contribution < 1.29 is 28.9 Å². The Morgan fingerprint density at radius 3 is 2.28 bits per heavy atom. The molecule has 2 aromatic carbocycles. The van der Waals surface area contributed by atoms with Crippen LogP contribution in [-0.2, 0) is 27.1 Å². The fraction of sp³-hybridized carbons (Fsp3) is 0.387. The van der Waals surface area contributed by atoms with Crippen molar-refractivity contribution in [2.24, 2.45) is 11.8 Å². The third-order valence-electron chi connectivity index (χ3n) is 7.29. The number of carbonyl (C=O) groups is 2. The topological polar surface area (TPSA) is 107 Å². The highest BCUT2D eigenvalue weighted by atomic mass is 16.6. The molecule has 0 aliphatic carbocycles. The van der Waals surface area contributed by atoms with E-state index in [-0.39, 0.29) is 36.0 Å². The summed E-state index contributed by atoms with van der Waals surface area (Å²) >= 11 is 0. The number of hydrogen-bond donors (Lipinski definition) is 2. The van der Waals surface area contributed by atoms with E-state index < -0.39 is 23.7 Å². The quantitative estimate of drug-likeness (QED) is 0.395. The molecule has 8 nitrogen and oxygen atoms in total. The molecule has 0 radical (unpaired) electrons. The molecule has 1 amide bonds. The number of pyridine rings is 1. The monoisotopic (exact) mass is 532 g/mol. The maximum absolute atomic E-state index is 13.2. The molecule has 206 valence electrons. The number of esters is 1. The van der Waals surface area contributed by atoms with Crippen molar-refractivity contribution in [1.82, 2.24) is 10.3 Å². The van der Waals surface area contributed by atoms with Gasteiger partial charge in [0.15, 0.2) is 23.2 Å². The molecule has 0 unspecified atom stereocenters. The van der Waals surface area contributed by atoms with Gasteiger partial charge in [0.25, 0.3) is 5.91 Å². The number of aromatic hydroxyl groups is 1. The van der Waals surface area contributed by atoms with E-state index in [0.29, 0.717) is 6.61 Å². The van der Waals surface area contributed by atoms with E-state index >= 15 is 0 Å². The molecule has 1 aliphatic heterocycles. The predicted octanol–water partition coefficient (Wildman–Crippen LogP) is 4.35. The van der Waals surface area contributed by atoms with Crippen LogP contribution >= 0.6 is 0 Å². The van der Waals surface area contributed by atoms with Crippen LogP contribution in [0.25, 0.3) is 0 Å². The maximum Gasteiger partial charge on any atom is 0.331 e. The number of carbonyl (C=O) groups excluding carboxylic acids is 2. The number of nitrogens with one attached hydrogen (secondary N) is 1. The summed E-state index contributed by atoms with van der Waals surface area (Å²) in [5.74, 6) is -1.37. The van der Waals surface area contributed by atoms with Crippen LogP contribution in [0.1, 0.15) is 41.4 Å². The standard InChI is InChI=1S/C31H36N2O6/c1-21-25(16-14-23-11-7-4-8-12-23)24(15-13-22-9-5-3-6-10-22)19-38-20-26(31(36)39-21)33-30(35)28-29(34)27(37-2)17-18-32-28/h3-12,17-18,21,24-26,34H,13-16,19-20H2,1-2H3,(H,33,35)/t21-,24-,25-,26-/m0/s1. The second-order valence-corrected chi connectivity index (χ2v) is 9.89. The van der Waals surface area contributed by atoms with E-state index in [0.717, 1.165) is 25.7 Å². The van der Waals surface area contributed by atoms with E-state index in [1.165, 1.54) is 30.5 Å². The second kappa shape index (κ2) is 13.8. The highest BCUT2D eigenvalue weighted by Crippen LogP contribution is 2.31. The Kier molecular flexibility index (Phi) is 9.91. The summed E-state index contributed by atoms with van der Waals surface area (Å²) in [5, 5.41) is 12.9. The van der Waals surface area contributed by atoms with Crippen LogP contribution in [0.3, 0.4) is 0 Å². The van der Waals surface area contributed by atoms with Crippen molar-refractivity contribution in [3.8, 4) is 11.5 Å². The van der Waals surface area contributed by atoms with Gasteiger partial charge >= 0.3 is 5.97 Å². The molecule has 3 aromatic rings. The van der Waals surface area contributed by atoms with Crippen molar-refractivity contribution in [2.45, 2.75) is 44.8 Å². The molecule has 1 fully saturated rings. The first-order chi connectivity index (χ1) is 19.0. The average Bonchev–Trinajstić information content (AvgIpc) is 3.00. The number of aryl methyl sites for hydroxylation is 2.